The number of pyridine rings is 1. The third-order valence-electron chi connectivity index (χ3n) is 4.05. The summed E-state index contributed by atoms with van der Waals surface area (Å²) in [7, 11) is 1.77. The van der Waals surface area contributed by atoms with E-state index in [-0.39, 0.29) is 36.3 Å². The number of aromatic nitrogens is 3. The van der Waals surface area contributed by atoms with E-state index in [2.05, 4.69) is 20.7 Å². The molecule has 25 heavy (non-hydrogen) atoms. The standard InChI is InChI=1S/C16H25N5O2.2ClH/c1-5-17-8-9-18-13(22)7-6-12-10(2)14-15(19-11(12)3)21(4)20-16(14)23;;/h17H,5-9H2,1-4H3,(H,18,22)(H,20,23);2*1H. The lowest BCUT2D eigenvalue weighted by molar-refractivity contribution is -0.121. The van der Waals surface area contributed by atoms with Crippen molar-refractivity contribution in [2.24, 2.45) is 7.05 Å². The minimum atomic E-state index is -0.135. The van der Waals surface area contributed by atoms with E-state index in [1.165, 1.54) is 0 Å². The molecule has 0 saturated carbocycles. The number of hydrogen-bond donors (Lipinski definition) is 3. The Bertz CT molecular complexity index is 770. The second kappa shape index (κ2) is 10.4. The van der Waals surface area contributed by atoms with Crippen molar-refractivity contribution in [3.8, 4) is 0 Å². The van der Waals surface area contributed by atoms with Crippen molar-refractivity contribution < 1.29 is 4.79 Å². The molecule has 1 amide bonds. The smallest absolute Gasteiger partial charge is 0.273 e. The van der Waals surface area contributed by atoms with Gasteiger partial charge in [0.15, 0.2) is 5.65 Å². The van der Waals surface area contributed by atoms with Crippen molar-refractivity contribution in [2.45, 2.75) is 33.6 Å². The number of amides is 1. The Kier molecular flexibility index (Phi) is 9.77. The van der Waals surface area contributed by atoms with Gasteiger partial charge in [0.1, 0.15) is 0 Å². The first-order chi connectivity index (χ1) is 11.0. The van der Waals surface area contributed by atoms with Crippen LogP contribution in [0.4, 0.5) is 0 Å². The number of likely N-dealkylation sites (N-methyl/N-ethyl adjacent to an activating group) is 1. The minimum Gasteiger partial charge on any atom is -0.355 e. The number of carbonyl (C=O) groups excluding carboxylic acids is 1. The van der Waals surface area contributed by atoms with Crippen LogP contribution in [-0.2, 0) is 18.3 Å². The topological polar surface area (TPSA) is 91.8 Å². The first-order valence-electron chi connectivity index (χ1n) is 7.97. The highest BCUT2D eigenvalue weighted by Gasteiger charge is 2.15. The average molecular weight is 392 g/mol. The maximum Gasteiger partial charge on any atom is 0.273 e. The van der Waals surface area contributed by atoms with E-state index in [4.69, 9.17) is 0 Å². The molecule has 2 aromatic rings. The van der Waals surface area contributed by atoms with Gasteiger partial charge >= 0.3 is 0 Å². The predicted molar refractivity (Wildman–Crippen MR) is 105 cm³/mol. The van der Waals surface area contributed by atoms with Crippen LogP contribution in [-0.4, -0.2) is 40.3 Å². The van der Waals surface area contributed by atoms with Crippen LogP contribution in [0.15, 0.2) is 4.79 Å². The second-order valence-electron chi connectivity index (χ2n) is 5.70. The van der Waals surface area contributed by atoms with Gasteiger partial charge in [-0.2, -0.15) is 0 Å². The molecule has 0 spiro atoms. The summed E-state index contributed by atoms with van der Waals surface area (Å²) in [5, 5.41) is 9.38. The number of aromatic amines is 1. The van der Waals surface area contributed by atoms with Crippen molar-refractivity contribution >= 4 is 41.8 Å². The highest BCUT2D eigenvalue weighted by atomic mass is 35.5. The Balaban J connectivity index is 0.00000288. The van der Waals surface area contributed by atoms with Gasteiger partial charge in [-0.1, -0.05) is 6.92 Å². The number of rotatable bonds is 7. The summed E-state index contributed by atoms with van der Waals surface area (Å²) >= 11 is 0. The normalized spacial score (nSPS) is 10.2. The monoisotopic (exact) mass is 391 g/mol. The van der Waals surface area contributed by atoms with Crippen molar-refractivity contribution in [3.05, 3.63) is 27.2 Å². The largest absolute Gasteiger partial charge is 0.355 e. The number of H-pyrrole nitrogens is 1. The van der Waals surface area contributed by atoms with Crippen LogP contribution in [0.25, 0.3) is 11.0 Å². The number of carbonyl (C=O) groups is 1. The molecule has 2 rings (SSSR count). The third kappa shape index (κ3) is 5.45. The summed E-state index contributed by atoms with van der Waals surface area (Å²) in [5.74, 6) is 0.0174. The number of halogens is 2. The van der Waals surface area contributed by atoms with Gasteiger partial charge in [-0.3, -0.25) is 19.4 Å². The lowest BCUT2D eigenvalue weighted by Gasteiger charge is -2.11. The van der Waals surface area contributed by atoms with Crippen molar-refractivity contribution in [1.82, 2.24) is 25.4 Å². The maximum absolute atomic E-state index is 12.0. The van der Waals surface area contributed by atoms with Crippen LogP contribution in [0.2, 0.25) is 0 Å². The predicted octanol–water partition coefficient (Wildman–Crippen LogP) is 1.38. The Labute approximate surface area is 159 Å². The van der Waals surface area contributed by atoms with Crippen LogP contribution >= 0.6 is 24.8 Å². The summed E-state index contributed by atoms with van der Waals surface area (Å²) in [6.45, 7) is 8.16. The van der Waals surface area contributed by atoms with Crippen LogP contribution in [0.1, 0.15) is 30.2 Å². The minimum absolute atomic E-state index is 0. The zero-order valence-electron chi connectivity index (χ0n) is 15.1. The molecular formula is C16H27Cl2N5O2. The first kappa shape index (κ1) is 23.4. The van der Waals surface area contributed by atoms with E-state index >= 15 is 0 Å². The second-order valence-corrected chi connectivity index (χ2v) is 5.70. The molecule has 0 aliphatic heterocycles. The summed E-state index contributed by atoms with van der Waals surface area (Å²) in [5.41, 5.74) is 3.28. The van der Waals surface area contributed by atoms with Gasteiger partial charge in [-0.25, -0.2) is 4.98 Å². The molecule has 0 atom stereocenters. The molecule has 2 aromatic heterocycles. The van der Waals surface area contributed by atoms with E-state index in [0.29, 0.717) is 30.4 Å². The fourth-order valence-corrected chi connectivity index (χ4v) is 2.81. The van der Waals surface area contributed by atoms with Crippen LogP contribution in [0.3, 0.4) is 0 Å². The Morgan fingerprint density at radius 1 is 1.24 bits per heavy atom. The van der Waals surface area contributed by atoms with E-state index in [1.807, 2.05) is 20.8 Å². The SMILES string of the molecule is CCNCCNC(=O)CCc1c(C)nc2c(c1C)c(=O)[nH]n2C.Cl.Cl. The van der Waals surface area contributed by atoms with E-state index < -0.39 is 0 Å². The van der Waals surface area contributed by atoms with E-state index in [1.54, 1.807) is 11.7 Å². The van der Waals surface area contributed by atoms with Gasteiger partial charge in [-0.05, 0) is 37.9 Å². The van der Waals surface area contributed by atoms with Gasteiger partial charge in [-0.15, -0.1) is 24.8 Å². The quantitative estimate of drug-likeness (QED) is 0.621. The number of nitrogens with one attached hydrogen (secondary N) is 3. The highest BCUT2D eigenvalue weighted by molar-refractivity contribution is 5.85. The number of nitrogens with zero attached hydrogens (tertiary/aromatic N) is 2. The molecule has 0 bridgehead atoms. The molecule has 0 aliphatic rings. The van der Waals surface area contributed by atoms with Crippen molar-refractivity contribution in [1.29, 1.82) is 0 Å². The molecule has 0 radical (unpaired) electrons. The average Bonchev–Trinajstić information content (AvgIpc) is 2.78. The van der Waals surface area contributed by atoms with Crippen LogP contribution < -0.4 is 16.2 Å². The van der Waals surface area contributed by atoms with E-state index in [9.17, 15) is 9.59 Å². The molecular weight excluding hydrogens is 365 g/mol. The first-order valence-corrected chi connectivity index (χ1v) is 7.97. The van der Waals surface area contributed by atoms with Gasteiger partial charge < -0.3 is 10.6 Å². The fourth-order valence-electron chi connectivity index (χ4n) is 2.81. The molecule has 9 heteroatoms. The zero-order chi connectivity index (χ0) is 17.0. The van der Waals surface area contributed by atoms with Gasteiger partial charge in [0.05, 0.1) is 5.39 Å². The third-order valence-corrected chi connectivity index (χ3v) is 4.05. The molecule has 0 aliphatic carbocycles. The molecule has 3 N–H and O–H groups in total. The Hall–Kier alpha value is -1.57. The van der Waals surface area contributed by atoms with E-state index in [0.717, 1.165) is 29.9 Å². The number of fused-ring (bicyclic) bond motifs is 1. The lowest BCUT2D eigenvalue weighted by atomic mass is 10.0. The van der Waals surface area contributed by atoms with Crippen LogP contribution in [0, 0.1) is 13.8 Å². The molecule has 0 fully saturated rings. The number of aryl methyl sites for hydroxylation is 3. The Morgan fingerprint density at radius 2 is 1.92 bits per heavy atom. The molecule has 142 valence electrons. The molecule has 2 heterocycles. The lowest BCUT2D eigenvalue weighted by Crippen LogP contribution is -2.31. The van der Waals surface area contributed by atoms with Crippen LogP contribution in [0.5, 0.6) is 0 Å². The zero-order valence-corrected chi connectivity index (χ0v) is 16.7. The molecule has 7 nitrogen and oxygen atoms in total. The molecule has 0 unspecified atom stereocenters. The fraction of sp³-hybridized carbons (Fsp3) is 0.562. The molecule has 0 saturated heterocycles. The molecule has 0 aromatic carbocycles. The van der Waals surface area contributed by atoms with Crippen molar-refractivity contribution in [3.63, 3.8) is 0 Å². The summed E-state index contributed by atoms with van der Waals surface area (Å²) in [6.07, 6.45) is 0.980. The highest BCUT2D eigenvalue weighted by Crippen LogP contribution is 2.20. The maximum atomic E-state index is 12.0. The summed E-state index contributed by atoms with van der Waals surface area (Å²) < 4.78 is 1.63. The van der Waals surface area contributed by atoms with Gasteiger partial charge in [0, 0.05) is 32.3 Å². The number of hydrogen-bond acceptors (Lipinski definition) is 4. The van der Waals surface area contributed by atoms with Gasteiger partial charge in [0.25, 0.3) is 5.56 Å². The van der Waals surface area contributed by atoms with Gasteiger partial charge in [0.2, 0.25) is 5.91 Å². The summed E-state index contributed by atoms with van der Waals surface area (Å²) in [6, 6.07) is 0. The van der Waals surface area contributed by atoms with Crippen molar-refractivity contribution in [2.75, 3.05) is 19.6 Å². The Morgan fingerprint density at radius 3 is 2.56 bits per heavy atom. The summed E-state index contributed by atoms with van der Waals surface area (Å²) in [4.78, 5) is 28.4.